The van der Waals surface area contributed by atoms with Crippen LogP contribution in [0.4, 0.5) is 5.69 Å². The minimum absolute atomic E-state index is 0.116. The number of nitrogens with one attached hydrogen (secondary N) is 1. The summed E-state index contributed by atoms with van der Waals surface area (Å²) < 4.78 is 0. The minimum atomic E-state index is 0.116. The molecule has 0 aromatic heterocycles. The highest BCUT2D eigenvalue weighted by Gasteiger charge is 2.14. The summed E-state index contributed by atoms with van der Waals surface area (Å²) in [5, 5.41) is 2.91. The fraction of sp³-hybridized carbons (Fsp3) is 0.188. The van der Waals surface area contributed by atoms with Crippen LogP contribution in [0.1, 0.15) is 17.5 Å². The SMILES string of the molecule is Cc1cccc(-c2ccc3c(c2)CCC(=O)N3)c1. The first kappa shape index (κ1) is 11.0. The molecular formula is C16H15NO. The van der Waals surface area contributed by atoms with E-state index in [0.29, 0.717) is 6.42 Å². The lowest BCUT2D eigenvalue weighted by Crippen LogP contribution is -2.18. The Balaban J connectivity index is 2.02. The highest BCUT2D eigenvalue weighted by atomic mass is 16.1. The molecule has 0 unspecified atom stereocenters. The average Bonchev–Trinajstić information content (AvgIpc) is 2.38. The first-order valence-corrected chi connectivity index (χ1v) is 6.22. The second-order valence-corrected chi connectivity index (χ2v) is 4.79. The Hall–Kier alpha value is -2.09. The van der Waals surface area contributed by atoms with Gasteiger partial charge < -0.3 is 5.32 Å². The quantitative estimate of drug-likeness (QED) is 0.807. The van der Waals surface area contributed by atoms with Crippen LogP contribution in [0, 0.1) is 6.92 Å². The summed E-state index contributed by atoms with van der Waals surface area (Å²) >= 11 is 0. The van der Waals surface area contributed by atoms with Crippen molar-refractivity contribution in [2.45, 2.75) is 19.8 Å². The van der Waals surface area contributed by atoms with E-state index in [1.165, 1.54) is 22.3 Å². The van der Waals surface area contributed by atoms with Crippen molar-refractivity contribution in [3.8, 4) is 11.1 Å². The van der Waals surface area contributed by atoms with Crippen LogP contribution in [0.25, 0.3) is 11.1 Å². The summed E-state index contributed by atoms with van der Waals surface area (Å²) in [4.78, 5) is 11.3. The lowest BCUT2D eigenvalue weighted by molar-refractivity contribution is -0.116. The van der Waals surface area contributed by atoms with Gasteiger partial charge in [0.25, 0.3) is 0 Å². The van der Waals surface area contributed by atoms with Crippen molar-refractivity contribution >= 4 is 11.6 Å². The second kappa shape index (κ2) is 4.30. The summed E-state index contributed by atoms with van der Waals surface area (Å²) in [6.45, 7) is 2.10. The lowest BCUT2D eigenvalue weighted by Gasteiger charge is -2.17. The number of carbonyl (C=O) groups is 1. The normalized spacial score (nSPS) is 13.9. The summed E-state index contributed by atoms with van der Waals surface area (Å²) in [6, 6.07) is 14.7. The molecule has 1 amide bonds. The van der Waals surface area contributed by atoms with E-state index in [1.54, 1.807) is 0 Å². The average molecular weight is 237 g/mol. The zero-order valence-corrected chi connectivity index (χ0v) is 10.4. The molecule has 0 radical (unpaired) electrons. The van der Waals surface area contributed by atoms with Crippen LogP contribution in [-0.4, -0.2) is 5.91 Å². The molecule has 0 atom stereocenters. The van der Waals surface area contributed by atoms with Gasteiger partial charge in [0.2, 0.25) is 5.91 Å². The Bertz CT molecular complexity index is 616. The van der Waals surface area contributed by atoms with E-state index in [9.17, 15) is 4.79 Å². The zero-order chi connectivity index (χ0) is 12.5. The second-order valence-electron chi connectivity index (χ2n) is 4.79. The number of hydrogen-bond acceptors (Lipinski definition) is 1. The van der Waals surface area contributed by atoms with Crippen LogP contribution >= 0.6 is 0 Å². The Morgan fingerprint density at radius 1 is 1.00 bits per heavy atom. The molecule has 90 valence electrons. The van der Waals surface area contributed by atoms with Crippen LogP contribution in [-0.2, 0) is 11.2 Å². The molecule has 2 aromatic rings. The van der Waals surface area contributed by atoms with Gasteiger partial charge in [-0.1, -0.05) is 35.9 Å². The van der Waals surface area contributed by atoms with Gasteiger partial charge in [0, 0.05) is 12.1 Å². The standard InChI is InChI=1S/C16H15NO/c1-11-3-2-4-12(9-11)13-5-7-15-14(10-13)6-8-16(18)17-15/h2-5,7,9-10H,6,8H2,1H3,(H,17,18). The van der Waals surface area contributed by atoms with Crippen molar-refractivity contribution in [1.29, 1.82) is 0 Å². The molecule has 0 bridgehead atoms. The largest absolute Gasteiger partial charge is 0.326 e. The van der Waals surface area contributed by atoms with E-state index in [1.807, 2.05) is 6.07 Å². The summed E-state index contributed by atoms with van der Waals surface area (Å²) in [6.07, 6.45) is 1.42. The minimum Gasteiger partial charge on any atom is -0.326 e. The van der Waals surface area contributed by atoms with Crippen molar-refractivity contribution in [2.24, 2.45) is 0 Å². The number of aryl methyl sites for hydroxylation is 2. The number of anilines is 1. The summed E-state index contributed by atoms with van der Waals surface area (Å²) in [5.74, 6) is 0.116. The Morgan fingerprint density at radius 3 is 2.67 bits per heavy atom. The molecule has 0 saturated carbocycles. The maximum Gasteiger partial charge on any atom is 0.224 e. The molecule has 3 rings (SSSR count). The number of fused-ring (bicyclic) bond motifs is 1. The van der Waals surface area contributed by atoms with Crippen molar-refractivity contribution < 1.29 is 4.79 Å². The Kier molecular flexibility index (Phi) is 2.63. The monoisotopic (exact) mass is 237 g/mol. The number of carbonyl (C=O) groups excluding carboxylic acids is 1. The fourth-order valence-electron chi connectivity index (χ4n) is 2.39. The zero-order valence-electron chi connectivity index (χ0n) is 10.4. The molecule has 2 nitrogen and oxygen atoms in total. The third-order valence-electron chi connectivity index (χ3n) is 3.35. The summed E-state index contributed by atoms with van der Waals surface area (Å²) in [7, 11) is 0. The van der Waals surface area contributed by atoms with E-state index < -0.39 is 0 Å². The first-order chi connectivity index (χ1) is 8.72. The van der Waals surface area contributed by atoms with Crippen molar-refractivity contribution in [3.05, 3.63) is 53.6 Å². The van der Waals surface area contributed by atoms with Gasteiger partial charge in [-0.2, -0.15) is 0 Å². The van der Waals surface area contributed by atoms with E-state index in [-0.39, 0.29) is 5.91 Å². The highest BCUT2D eigenvalue weighted by molar-refractivity contribution is 5.94. The molecule has 0 aliphatic carbocycles. The number of hydrogen-bond donors (Lipinski definition) is 1. The number of benzene rings is 2. The predicted molar refractivity (Wildman–Crippen MR) is 73.6 cm³/mol. The topological polar surface area (TPSA) is 29.1 Å². The van der Waals surface area contributed by atoms with E-state index in [4.69, 9.17) is 0 Å². The Morgan fingerprint density at radius 2 is 1.83 bits per heavy atom. The predicted octanol–water partition coefficient (Wildman–Crippen LogP) is 3.55. The van der Waals surface area contributed by atoms with Crippen molar-refractivity contribution in [2.75, 3.05) is 5.32 Å². The van der Waals surface area contributed by atoms with Crippen LogP contribution in [0.15, 0.2) is 42.5 Å². The molecular weight excluding hydrogens is 222 g/mol. The third kappa shape index (κ3) is 2.02. The molecule has 18 heavy (non-hydrogen) atoms. The van der Waals surface area contributed by atoms with Crippen molar-refractivity contribution in [1.82, 2.24) is 0 Å². The van der Waals surface area contributed by atoms with Gasteiger partial charge in [0.05, 0.1) is 0 Å². The molecule has 1 aliphatic heterocycles. The third-order valence-corrected chi connectivity index (χ3v) is 3.35. The molecule has 1 N–H and O–H groups in total. The fourth-order valence-corrected chi connectivity index (χ4v) is 2.39. The maximum absolute atomic E-state index is 11.3. The molecule has 2 aromatic carbocycles. The van der Waals surface area contributed by atoms with E-state index in [2.05, 4.69) is 48.6 Å². The first-order valence-electron chi connectivity index (χ1n) is 6.22. The summed E-state index contributed by atoms with van der Waals surface area (Å²) in [5.41, 5.74) is 5.90. The van der Waals surface area contributed by atoms with Crippen molar-refractivity contribution in [3.63, 3.8) is 0 Å². The number of amides is 1. The Labute approximate surface area is 107 Å². The van der Waals surface area contributed by atoms with Gasteiger partial charge in [-0.05, 0) is 42.2 Å². The number of rotatable bonds is 1. The molecule has 0 fully saturated rings. The van der Waals surface area contributed by atoms with Gasteiger partial charge >= 0.3 is 0 Å². The van der Waals surface area contributed by atoms with Crippen LogP contribution < -0.4 is 5.32 Å². The van der Waals surface area contributed by atoms with Gasteiger partial charge in [0.15, 0.2) is 0 Å². The molecule has 0 spiro atoms. The molecule has 1 heterocycles. The van der Waals surface area contributed by atoms with Crippen LogP contribution in [0.2, 0.25) is 0 Å². The lowest BCUT2D eigenvalue weighted by atomic mass is 9.96. The van der Waals surface area contributed by atoms with Crippen LogP contribution in [0.3, 0.4) is 0 Å². The smallest absolute Gasteiger partial charge is 0.224 e. The van der Waals surface area contributed by atoms with Gasteiger partial charge in [-0.25, -0.2) is 0 Å². The molecule has 0 saturated heterocycles. The molecule has 2 heteroatoms. The van der Waals surface area contributed by atoms with E-state index >= 15 is 0 Å². The molecule has 1 aliphatic rings. The highest BCUT2D eigenvalue weighted by Crippen LogP contribution is 2.28. The van der Waals surface area contributed by atoms with Gasteiger partial charge in [-0.15, -0.1) is 0 Å². The van der Waals surface area contributed by atoms with Gasteiger partial charge in [0.1, 0.15) is 0 Å². The van der Waals surface area contributed by atoms with E-state index in [0.717, 1.165) is 12.1 Å². The van der Waals surface area contributed by atoms with Crippen LogP contribution in [0.5, 0.6) is 0 Å². The maximum atomic E-state index is 11.3. The van der Waals surface area contributed by atoms with Gasteiger partial charge in [-0.3, -0.25) is 4.79 Å².